The molecule has 6 aromatic carbocycles. The highest BCUT2D eigenvalue weighted by Gasteiger charge is 2.21. The van der Waals surface area contributed by atoms with Gasteiger partial charge in [-0.2, -0.15) is 5.26 Å². The molecule has 0 aliphatic heterocycles. The van der Waals surface area contributed by atoms with Crippen molar-refractivity contribution in [1.82, 2.24) is 4.57 Å². The van der Waals surface area contributed by atoms with Gasteiger partial charge in [0.05, 0.1) is 22.3 Å². The normalized spacial score (nSPS) is 11.9. The largest absolute Gasteiger partial charge is 0.456 e. The lowest BCUT2D eigenvalue weighted by molar-refractivity contribution is 0.669. The minimum Gasteiger partial charge on any atom is -0.456 e. The van der Waals surface area contributed by atoms with Crippen LogP contribution in [-0.2, 0) is 0 Å². The van der Waals surface area contributed by atoms with E-state index >= 15 is 0 Å². The van der Waals surface area contributed by atoms with Crippen LogP contribution in [0.4, 0.5) is 0 Å². The highest BCUT2D eigenvalue weighted by Crippen LogP contribution is 2.45. The van der Waals surface area contributed by atoms with Crippen LogP contribution in [0.15, 0.2) is 126 Å². The number of fused-ring (bicyclic) bond motifs is 10. The number of nitriles is 1. The molecule has 0 aliphatic carbocycles. The van der Waals surface area contributed by atoms with Crippen LogP contribution in [0.1, 0.15) is 5.56 Å². The minimum absolute atomic E-state index is 0.638. The Bertz CT molecular complexity index is 2560. The average molecular weight is 541 g/mol. The van der Waals surface area contributed by atoms with Gasteiger partial charge in [0, 0.05) is 47.3 Å². The Balaban J connectivity index is 1.41. The summed E-state index contributed by atoms with van der Waals surface area (Å²) in [5.41, 5.74) is 7.51. The van der Waals surface area contributed by atoms with Gasteiger partial charge in [-0.1, -0.05) is 78.9 Å². The lowest BCUT2D eigenvalue weighted by atomic mass is 9.98. The van der Waals surface area contributed by atoms with Gasteiger partial charge in [0.1, 0.15) is 17.2 Å². The first-order valence-electron chi connectivity index (χ1n) is 13.6. The SMILES string of the molecule is N#Cc1cccc(-c2ccc3oc4ccccc4c3c2)c1-n1c2ccccc2c2c3sc4ccccc4c3ccc21. The zero-order chi connectivity index (χ0) is 27.1. The molecule has 4 heteroatoms. The molecule has 0 unspecified atom stereocenters. The fourth-order valence-corrected chi connectivity index (χ4v) is 7.74. The Hall–Kier alpha value is -5.37. The summed E-state index contributed by atoms with van der Waals surface area (Å²) in [5.74, 6) is 0. The fraction of sp³-hybridized carbons (Fsp3) is 0. The monoisotopic (exact) mass is 540 g/mol. The second-order valence-electron chi connectivity index (χ2n) is 10.4. The summed E-state index contributed by atoms with van der Waals surface area (Å²) in [4.78, 5) is 0. The molecule has 0 bridgehead atoms. The second-order valence-corrected chi connectivity index (χ2v) is 11.5. The molecule has 0 N–H and O–H groups in total. The number of benzene rings is 6. The third-order valence-corrected chi connectivity index (χ3v) is 9.45. The molecule has 0 atom stereocenters. The van der Waals surface area contributed by atoms with Crippen LogP contribution in [0.5, 0.6) is 0 Å². The van der Waals surface area contributed by atoms with E-state index in [1.54, 1.807) is 0 Å². The Morgan fingerprint density at radius 1 is 0.610 bits per heavy atom. The summed E-state index contributed by atoms with van der Waals surface area (Å²) < 4.78 is 11.0. The molecule has 0 radical (unpaired) electrons. The predicted octanol–water partition coefficient (Wildman–Crippen LogP) is 10.6. The molecular weight excluding hydrogens is 520 g/mol. The number of furan rings is 1. The van der Waals surface area contributed by atoms with Gasteiger partial charge < -0.3 is 8.98 Å². The van der Waals surface area contributed by atoms with E-state index < -0.39 is 0 Å². The van der Waals surface area contributed by atoms with E-state index in [2.05, 4.69) is 95.6 Å². The highest BCUT2D eigenvalue weighted by molar-refractivity contribution is 7.26. The zero-order valence-corrected chi connectivity index (χ0v) is 22.6. The maximum Gasteiger partial charge on any atom is 0.135 e. The van der Waals surface area contributed by atoms with E-state index in [9.17, 15) is 5.26 Å². The molecule has 190 valence electrons. The molecule has 0 saturated heterocycles. The average Bonchev–Trinajstić information content (AvgIpc) is 3.69. The molecule has 9 rings (SSSR count). The molecule has 9 aromatic rings. The Labute approximate surface area is 238 Å². The lowest BCUT2D eigenvalue weighted by Crippen LogP contribution is -2.00. The smallest absolute Gasteiger partial charge is 0.135 e. The van der Waals surface area contributed by atoms with Gasteiger partial charge in [-0.05, 0) is 48.0 Å². The maximum absolute atomic E-state index is 10.4. The van der Waals surface area contributed by atoms with Crippen molar-refractivity contribution in [1.29, 1.82) is 5.26 Å². The van der Waals surface area contributed by atoms with Crippen molar-refractivity contribution in [2.45, 2.75) is 0 Å². The van der Waals surface area contributed by atoms with E-state index in [1.807, 2.05) is 47.7 Å². The topological polar surface area (TPSA) is 41.9 Å². The van der Waals surface area contributed by atoms with Gasteiger partial charge in [-0.3, -0.25) is 0 Å². The van der Waals surface area contributed by atoms with Crippen molar-refractivity contribution in [3.05, 3.63) is 127 Å². The van der Waals surface area contributed by atoms with Crippen LogP contribution in [-0.4, -0.2) is 4.57 Å². The summed E-state index contributed by atoms with van der Waals surface area (Å²) in [7, 11) is 0. The molecule has 0 fully saturated rings. The van der Waals surface area contributed by atoms with Crippen molar-refractivity contribution >= 4 is 75.3 Å². The van der Waals surface area contributed by atoms with Crippen molar-refractivity contribution < 1.29 is 4.42 Å². The molecule has 0 amide bonds. The van der Waals surface area contributed by atoms with Crippen LogP contribution in [0.25, 0.3) is 80.7 Å². The van der Waals surface area contributed by atoms with Gasteiger partial charge in [0.2, 0.25) is 0 Å². The number of para-hydroxylation sites is 3. The van der Waals surface area contributed by atoms with Crippen molar-refractivity contribution in [3.8, 4) is 22.9 Å². The summed E-state index contributed by atoms with van der Waals surface area (Å²) in [6, 6.07) is 44.6. The molecule has 3 heterocycles. The summed E-state index contributed by atoms with van der Waals surface area (Å²) in [6.45, 7) is 0. The number of hydrogen-bond acceptors (Lipinski definition) is 3. The first kappa shape index (κ1) is 22.4. The van der Waals surface area contributed by atoms with Crippen LogP contribution in [0.3, 0.4) is 0 Å². The quantitative estimate of drug-likeness (QED) is 0.219. The van der Waals surface area contributed by atoms with Gasteiger partial charge in [0.15, 0.2) is 0 Å². The molecule has 3 aromatic heterocycles. The number of nitrogens with zero attached hydrogens (tertiary/aromatic N) is 2. The van der Waals surface area contributed by atoms with E-state index in [4.69, 9.17) is 4.42 Å². The standard InChI is InChI=1S/C37H20N2OS/c38-21-23-8-7-12-24(22-16-19-33-29(20-22)25-9-2-5-14-32(25)40-33)36(23)39-30-13-4-1-11-28(30)35-31(39)18-17-27-26-10-3-6-15-34(26)41-37(27)35/h1-20H. The Morgan fingerprint density at radius 2 is 1.39 bits per heavy atom. The number of rotatable bonds is 2. The van der Waals surface area contributed by atoms with E-state index in [-0.39, 0.29) is 0 Å². The Morgan fingerprint density at radius 3 is 2.29 bits per heavy atom. The third-order valence-electron chi connectivity index (χ3n) is 8.25. The van der Waals surface area contributed by atoms with Crippen LogP contribution in [0.2, 0.25) is 0 Å². The van der Waals surface area contributed by atoms with Gasteiger partial charge in [0.25, 0.3) is 0 Å². The first-order chi connectivity index (χ1) is 20.3. The summed E-state index contributed by atoms with van der Waals surface area (Å²) >= 11 is 1.84. The van der Waals surface area contributed by atoms with E-state index in [0.29, 0.717) is 5.56 Å². The zero-order valence-electron chi connectivity index (χ0n) is 21.8. The summed E-state index contributed by atoms with van der Waals surface area (Å²) in [6.07, 6.45) is 0. The van der Waals surface area contributed by atoms with Crippen LogP contribution < -0.4 is 0 Å². The fourth-order valence-electron chi connectivity index (χ4n) is 6.48. The second kappa shape index (κ2) is 8.32. The lowest BCUT2D eigenvalue weighted by Gasteiger charge is -2.16. The van der Waals surface area contributed by atoms with E-state index in [0.717, 1.165) is 49.8 Å². The van der Waals surface area contributed by atoms with Crippen molar-refractivity contribution in [3.63, 3.8) is 0 Å². The van der Waals surface area contributed by atoms with Gasteiger partial charge in [-0.15, -0.1) is 11.3 Å². The Kier molecular flexibility index (Phi) is 4.55. The molecule has 3 nitrogen and oxygen atoms in total. The first-order valence-corrected chi connectivity index (χ1v) is 14.4. The molecule has 0 spiro atoms. The van der Waals surface area contributed by atoms with E-state index in [1.165, 1.54) is 30.9 Å². The van der Waals surface area contributed by atoms with Crippen molar-refractivity contribution in [2.24, 2.45) is 0 Å². The van der Waals surface area contributed by atoms with Crippen LogP contribution in [0, 0.1) is 11.3 Å². The molecule has 0 saturated carbocycles. The third kappa shape index (κ3) is 3.07. The maximum atomic E-state index is 10.4. The van der Waals surface area contributed by atoms with Gasteiger partial charge in [-0.25, -0.2) is 0 Å². The van der Waals surface area contributed by atoms with Crippen molar-refractivity contribution in [2.75, 3.05) is 0 Å². The van der Waals surface area contributed by atoms with Gasteiger partial charge >= 0.3 is 0 Å². The predicted molar refractivity (Wildman–Crippen MR) is 171 cm³/mol. The minimum atomic E-state index is 0.638. The molecule has 0 aliphatic rings. The number of aromatic nitrogens is 1. The number of thiophene rings is 1. The molecule has 41 heavy (non-hydrogen) atoms. The van der Waals surface area contributed by atoms with Crippen LogP contribution >= 0.6 is 11.3 Å². The summed E-state index contributed by atoms with van der Waals surface area (Å²) in [5, 5.41) is 17.5. The molecular formula is C37H20N2OS. The highest BCUT2D eigenvalue weighted by atomic mass is 32.1. The number of hydrogen-bond donors (Lipinski definition) is 0.